The third-order valence-corrected chi connectivity index (χ3v) is 3.44. The smallest absolute Gasteiger partial charge is 0.413 e. The Balaban J connectivity index is 2.09. The molecule has 112 valence electrons. The highest BCUT2D eigenvalue weighted by Gasteiger charge is 2.29. The van der Waals surface area contributed by atoms with Crippen LogP contribution < -0.4 is 14.4 Å². The second kappa shape index (κ2) is 5.46. The van der Waals surface area contributed by atoms with Crippen molar-refractivity contribution in [2.75, 3.05) is 19.8 Å². The molecule has 0 saturated carbocycles. The van der Waals surface area contributed by atoms with Crippen LogP contribution in [-0.4, -0.2) is 34.4 Å². The van der Waals surface area contributed by atoms with Crippen molar-refractivity contribution in [3.05, 3.63) is 18.2 Å². The van der Waals surface area contributed by atoms with Crippen LogP contribution in [0.3, 0.4) is 0 Å². The van der Waals surface area contributed by atoms with Crippen molar-refractivity contribution in [1.82, 2.24) is 4.89 Å². The van der Waals surface area contributed by atoms with Crippen molar-refractivity contribution in [2.24, 2.45) is 0 Å². The highest BCUT2D eigenvalue weighted by molar-refractivity contribution is 7.89. The Labute approximate surface area is 112 Å². The number of rotatable bonds is 4. The lowest BCUT2D eigenvalue weighted by molar-refractivity contribution is -0.181. The van der Waals surface area contributed by atoms with Crippen molar-refractivity contribution < 1.29 is 35.9 Å². The van der Waals surface area contributed by atoms with Gasteiger partial charge in [-0.3, -0.25) is 4.84 Å². The molecule has 0 bridgehead atoms. The van der Waals surface area contributed by atoms with Crippen LogP contribution in [0.25, 0.3) is 0 Å². The van der Waals surface area contributed by atoms with Gasteiger partial charge in [-0.05, 0) is 12.1 Å². The molecule has 2 rings (SSSR count). The van der Waals surface area contributed by atoms with E-state index in [-0.39, 0.29) is 17.3 Å². The second-order valence-electron chi connectivity index (χ2n) is 3.80. The van der Waals surface area contributed by atoms with Gasteiger partial charge in [0, 0.05) is 6.07 Å². The Hall–Kier alpha value is -1.52. The average molecular weight is 313 g/mol. The van der Waals surface area contributed by atoms with Gasteiger partial charge in [0.2, 0.25) is 0 Å². The van der Waals surface area contributed by atoms with Gasteiger partial charge in [0.15, 0.2) is 18.1 Å². The summed E-state index contributed by atoms with van der Waals surface area (Å²) in [6, 6.07) is 3.67. The topological polar surface area (TPSA) is 73.9 Å². The molecule has 0 radical (unpaired) electrons. The molecule has 1 aliphatic heterocycles. The normalized spacial score (nSPS) is 15.2. The van der Waals surface area contributed by atoms with Gasteiger partial charge in [-0.2, -0.15) is 13.2 Å². The lowest BCUT2D eigenvalue weighted by atomic mass is 10.3. The first kappa shape index (κ1) is 14.9. The van der Waals surface area contributed by atoms with Crippen molar-refractivity contribution in [3.8, 4) is 11.5 Å². The molecular formula is C10H10F3NO5S. The van der Waals surface area contributed by atoms with Crippen LogP contribution in [-0.2, 0) is 14.9 Å². The average Bonchev–Trinajstić information content (AvgIpc) is 2.36. The monoisotopic (exact) mass is 313 g/mol. The molecule has 0 saturated heterocycles. The number of benzene rings is 1. The summed E-state index contributed by atoms with van der Waals surface area (Å²) in [6.45, 7) is -1.13. The Morgan fingerprint density at radius 1 is 1.20 bits per heavy atom. The first-order valence-electron chi connectivity index (χ1n) is 5.38. The molecule has 1 aromatic rings. The van der Waals surface area contributed by atoms with E-state index in [0.717, 1.165) is 6.07 Å². The molecule has 0 fully saturated rings. The maximum absolute atomic E-state index is 11.9. The van der Waals surface area contributed by atoms with Crippen molar-refractivity contribution in [2.45, 2.75) is 11.1 Å². The summed E-state index contributed by atoms with van der Waals surface area (Å²) in [6.07, 6.45) is -4.63. The number of halogens is 3. The van der Waals surface area contributed by atoms with E-state index >= 15 is 0 Å². The predicted molar refractivity (Wildman–Crippen MR) is 59.8 cm³/mol. The minimum absolute atomic E-state index is 0.204. The molecule has 1 aromatic carbocycles. The second-order valence-corrected chi connectivity index (χ2v) is 5.44. The number of nitrogens with one attached hydrogen (secondary N) is 1. The number of sulfonamides is 1. The van der Waals surface area contributed by atoms with Crippen LogP contribution in [0, 0.1) is 0 Å². The zero-order valence-electron chi connectivity index (χ0n) is 9.94. The lowest BCUT2D eigenvalue weighted by Gasteiger charge is -2.18. The van der Waals surface area contributed by atoms with Gasteiger partial charge in [-0.15, -0.1) is 0 Å². The first-order chi connectivity index (χ1) is 9.28. The molecule has 1 heterocycles. The van der Waals surface area contributed by atoms with E-state index in [2.05, 4.69) is 4.84 Å². The maximum Gasteiger partial charge on any atom is 0.413 e. The SMILES string of the molecule is O=S(=O)(NOCC(F)(F)F)c1ccc2c(c1)OCCO2. The number of fused-ring (bicyclic) bond motifs is 1. The highest BCUT2D eigenvalue weighted by atomic mass is 32.2. The zero-order chi connectivity index (χ0) is 14.8. The summed E-state index contributed by atoms with van der Waals surface area (Å²) in [5.74, 6) is 0.571. The molecule has 0 spiro atoms. The quantitative estimate of drug-likeness (QED) is 0.846. The van der Waals surface area contributed by atoms with Crippen LogP contribution in [0.15, 0.2) is 23.1 Å². The minimum atomic E-state index is -4.63. The van der Waals surface area contributed by atoms with Gasteiger partial charge < -0.3 is 9.47 Å². The summed E-state index contributed by atoms with van der Waals surface area (Å²) < 4.78 is 69.4. The van der Waals surface area contributed by atoms with Gasteiger partial charge in [0.1, 0.15) is 13.2 Å². The summed E-state index contributed by atoms with van der Waals surface area (Å²) in [7, 11) is -4.22. The van der Waals surface area contributed by atoms with E-state index in [0.29, 0.717) is 12.4 Å². The fraction of sp³-hybridized carbons (Fsp3) is 0.400. The highest BCUT2D eigenvalue weighted by Crippen LogP contribution is 2.32. The molecule has 20 heavy (non-hydrogen) atoms. The molecule has 6 nitrogen and oxygen atoms in total. The summed E-state index contributed by atoms with van der Waals surface area (Å²) in [5, 5.41) is 0. The Kier molecular flexibility index (Phi) is 4.06. The third kappa shape index (κ3) is 3.74. The van der Waals surface area contributed by atoms with Crippen molar-refractivity contribution >= 4 is 10.0 Å². The molecular weight excluding hydrogens is 303 g/mol. The zero-order valence-corrected chi connectivity index (χ0v) is 10.8. The standard InChI is InChI=1S/C10H10F3NO5S/c11-10(12,13)6-19-14-20(15,16)7-1-2-8-9(5-7)18-4-3-17-8/h1-2,5,14H,3-4,6H2. The molecule has 0 amide bonds. The van der Waals surface area contributed by atoms with Gasteiger partial charge in [0.05, 0.1) is 4.90 Å². The summed E-state index contributed by atoms with van der Waals surface area (Å²) >= 11 is 0. The fourth-order valence-electron chi connectivity index (χ4n) is 1.43. The number of hydrogen-bond acceptors (Lipinski definition) is 5. The predicted octanol–water partition coefficient (Wildman–Crippen LogP) is 1.23. The van der Waals surface area contributed by atoms with Gasteiger partial charge in [-0.25, -0.2) is 8.42 Å². The largest absolute Gasteiger partial charge is 0.486 e. The molecule has 1 aliphatic rings. The number of ether oxygens (including phenoxy) is 2. The number of hydrogen-bond donors (Lipinski definition) is 1. The molecule has 0 aromatic heterocycles. The fourth-order valence-corrected chi connectivity index (χ4v) is 2.25. The van der Waals surface area contributed by atoms with Crippen LogP contribution in [0.2, 0.25) is 0 Å². The van der Waals surface area contributed by atoms with Gasteiger partial charge in [0.25, 0.3) is 10.0 Å². The van der Waals surface area contributed by atoms with Crippen LogP contribution >= 0.6 is 0 Å². The van der Waals surface area contributed by atoms with E-state index in [1.807, 2.05) is 0 Å². The van der Waals surface area contributed by atoms with Crippen LogP contribution in [0.1, 0.15) is 0 Å². The molecule has 0 atom stereocenters. The Bertz CT molecular complexity index is 587. The molecule has 10 heteroatoms. The Morgan fingerprint density at radius 3 is 2.50 bits per heavy atom. The lowest BCUT2D eigenvalue weighted by Crippen LogP contribution is -2.29. The van der Waals surface area contributed by atoms with E-state index in [9.17, 15) is 21.6 Å². The first-order valence-corrected chi connectivity index (χ1v) is 6.86. The van der Waals surface area contributed by atoms with Crippen molar-refractivity contribution in [1.29, 1.82) is 0 Å². The molecule has 0 aliphatic carbocycles. The van der Waals surface area contributed by atoms with E-state index < -0.39 is 22.8 Å². The van der Waals surface area contributed by atoms with Crippen molar-refractivity contribution in [3.63, 3.8) is 0 Å². The van der Waals surface area contributed by atoms with Gasteiger partial charge >= 0.3 is 6.18 Å². The summed E-state index contributed by atoms with van der Waals surface area (Å²) in [5.41, 5.74) is 0. The minimum Gasteiger partial charge on any atom is -0.486 e. The molecule has 0 unspecified atom stereocenters. The summed E-state index contributed by atoms with van der Waals surface area (Å²) in [4.78, 5) is 5.03. The Morgan fingerprint density at radius 2 is 1.85 bits per heavy atom. The van der Waals surface area contributed by atoms with E-state index in [4.69, 9.17) is 9.47 Å². The van der Waals surface area contributed by atoms with Crippen LogP contribution in [0.5, 0.6) is 11.5 Å². The number of alkyl halides is 3. The van der Waals surface area contributed by atoms with Crippen LogP contribution in [0.4, 0.5) is 13.2 Å². The van der Waals surface area contributed by atoms with E-state index in [1.165, 1.54) is 17.0 Å². The maximum atomic E-state index is 11.9. The third-order valence-electron chi connectivity index (χ3n) is 2.23. The van der Waals surface area contributed by atoms with E-state index in [1.54, 1.807) is 0 Å². The molecule has 1 N–H and O–H groups in total. The van der Waals surface area contributed by atoms with Gasteiger partial charge in [-0.1, -0.05) is 4.89 Å².